The molecule has 1 aliphatic carbocycles. The van der Waals surface area contributed by atoms with E-state index < -0.39 is 11.9 Å². The van der Waals surface area contributed by atoms with E-state index in [2.05, 4.69) is 5.32 Å². The Bertz CT molecular complexity index is 1490. The van der Waals surface area contributed by atoms with Crippen LogP contribution in [-0.4, -0.2) is 39.7 Å². The smallest absolute Gasteiger partial charge is 0.336 e. The lowest BCUT2D eigenvalue weighted by Gasteiger charge is -2.37. The summed E-state index contributed by atoms with van der Waals surface area (Å²) in [7, 11) is 4.80. The van der Waals surface area contributed by atoms with Gasteiger partial charge < -0.3 is 24.3 Å². The number of carbonyl (C=O) groups excluding carboxylic acids is 2. The molecule has 0 fully saturated rings. The molecule has 7 heteroatoms. The second-order valence-corrected chi connectivity index (χ2v) is 10.3. The van der Waals surface area contributed by atoms with E-state index in [-0.39, 0.29) is 18.3 Å². The van der Waals surface area contributed by atoms with Crippen molar-refractivity contribution in [2.75, 3.05) is 27.9 Å². The van der Waals surface area contributed by atoms with Crippen LogP contribution in [0.1, 0.15) is 48.3 Å². The number of hydrogen-bond donors (Lipinski definition) is 1. The van der Waals surface area contributed by atoms with Crippen molar-refractivity contribution in [2.24, 2.45) is 0 Å². The number of esters is 1. The summed E-state index contributed by atoms with van der Waals surface area (Å²) in [6.45, 7) is 2.09. The molecule has 0 unspecified atom stereocenters. The van der Waals surface area contributed by atoms with Crippen molar-refractivity contribution in [3.8, 4) is 17.2 Å². The molecule has 0 spiro atoms. The summed E-state index contributed by atoms with van der Waals surface area (Å²) in [5.41, 5.74) is 5.35. The van der Waals surface area contributed by atoms with Crippen molar-refractivity contribution in [3.05, 3.63) is 112 Å². The predicted molar refractivity (Wildman–Crippen MR) is 156 cm³/mol. The van der Waals surface area contributed by atoms with Gasteiger partial charge in [0.1, 0.15) is 17.2 Å². The third kappa shape index (κ3) is 5.85. The Morgan fingerprint density at radius 1 is 0.878 bits per heavy atom. The normalized spacial score (nSPS) is 18.4. The second-order valence-electron chi connectivity index (χ2n) is 10.3. The van der Waals surface area contributed by atoms with Crippen molar-refractivity contribution < 1.29 is 28.5 Å². The maximum absolute atomic E-state index is 14.0. The molecular formula is C34H35NO6. The van der Waals surface area contributed by atoms with E-state index in [1.807, 2.05) is 73.7 Å². The molecule has 0 amide bonds. The highest BCUT2D eigenvalue weighted by Crippen LogP contribution is 2.48. The highest BCUT2D eigenvalue weighted by molar-refractivity contribution is 6.04. The van der Waals surface area contributed by atoms with Crippen molar-refractivity contribution in [1.29, 1.82) is 0 Å². The number of benzene rings is 3. The summed E-state index contributed by atoms with van der Waals surface area (Å²) in [5.74, 6) is 0.833. The van der Waals surface area contributed by atoms with Gasteiger partial charge in [0.2, 0.25) is 0 Å². The van der Waals surface area contributed by atoms with Crippen LogP contribution in [0.25, 0.3) is 0 Å². The third-order valence-electron chi connectivity index (χ3n) is 7.85. The molecule has 2 atom stereocenters. The quantitative estimate of drug-likeness (QED) is 0.332. The van der Waals surface area contributed by atoms with E-state index in [0.29, 0.717) is 53.2 Å². The lowest BCUT2D eigenvalue weighted by atomic mass is 9.71. The van der Waals surface area contributed by atoms with Crippen LogP contribution in [0, 0.1) is 0 Å². The predicted octanol–water partition coefficient (Wildman–Crippen LogP) is 5.86. The van der Waals surface area contributed by atoms with E-state index in [9.17, 15) is 9.59 Å². The first kappa shape index (κ1) is 28.0. The van der Waals surface area contributed by atoms with Gasteiger partial charge in [-0.25, -0.2) is 4.79 Å². The van der Waals surface area contributed by atoms with E-state index in [1.165, 1.54) is 0 Å². The van der Waals surface area contributed by atoms with Crippen LogP contribution in [-0.2, 0) is 20.7 Å². The fourth-order valence-electron chi connectivity index (χ4n) is 5.77. The molecule has 1 N–H and O–H groups in total. The molecule has 0 aromatic heterocycles. The summed E-state index contributed by atoms with van der Waals surface area (Å²) in [4.78, 5) is 27.7. The molecule has 3 aromatic carbocycles. The van der Waals surface area contributed by atoms with Gasteiger partial charge in [-0.15, -0.1) is 0 Å². The lowest BCUT2D eigenvalue weighted by molar-refractivity contribution is -0.139. The molecular weight excluding hydrogens is 518 g/mol. The Labute approximate surface area is 240 Å². The molecule has 7 nitrogen and oxygen atoms in total. The summed E-state index contributed by atoms with van der Waals surface area (Å²) < 4.78 is 22.3. The number of ether oxygens (including phenoxy) is 4. The standard InChI is InChI=1S/C34H35NO6/c1-21-31(34(37)41-17-16-22-8-6-5-7-9-22)32(27-15-14-26(39-3)20-30(27)40-4)33-28(35-21)18-24(19-29(33)36)23-10-12-25(38-2)13-11-23/h5-15,20,24,32,35H,16-19H2,1-4H3/t24-,32+/m0/s1. The molecule has 5 rings (SSSR count). The van der Waals surface area contributed by atoms with Crippen LogP contribution in [0.5, 0.6) is 17.2 Å². The number of dihydropyridines is 1. The molecule has 212 valence electrons. The summed E-state index contributed by atoms with van der Waals surface area (Å²) in [5, 5.41) is 3.42. The molecule has 41 heavy (non-hydrogen) atoms. The zero-order valence-corrected chi connectivity index (χ0v) is 23.9. The molecule has 0 bridgehead atoms. The molecule has 1 aliphatic heterocycles. The Balaban J connectivity index is 1.51. The highest BCUT2D eigenvalue weighted by atomic mass is 16.5. The lowest BCUT2D eigenvalue weighted by Crippen LogP contribution is -2.36. The summed E-state index contributed by atoms with van der Waals surface area (Å²) in [6.07, 6.45) is 1.56. The van der Waals surface area contributed by atoms with Crippen LogP contribution in [0.2, 0.25) is 0 Å². The Hall–Kier alpha value is -4.52. The fourth-order valence-corrected chi connectivity index (χ4v) is 5.77. The first-order valence-electron chi connectivity index (χ1n) is 13.7. The van der Waals surface area contributed by atoms with E-state index >= 15 is 0 Å². The van der Waals surface area contributed by atoms with Gasteiger partial charge >= 0.3 is 5.97 Å². The first-order valence-corrected chi connectivity index (χ1v) is 13.7. The monoisotopic (exact) mass is 553 g/mol. The van der Waals surface area contributed by atoms with Gasteiger partial charge in [0.25, 0.3) is 0 Å². The van der Waals surface area contributed by atoms with Gasteiger partial charge in [-0.2, -0.15) is 0 Å². The first-order chi connectivity index (χ1) is 19.9. The Morgan fingerprint density at radius 3 is 2.27 bits per heavy atom. The number of rotatable bonds is 9. The number of nitrogens with one attached hydrogen (secondary N) is 1. The Morgan fingerprint density at radius 2 is 1.59 bits per heavy atom. The SMILES string of the molecule is COc1ccc([C@@H]2CC(=O)C3=C(C2)NC(C)=C(C(=O)OCCc2ccccc2)[C@H]3c2ccc(OC)cc2OC)cc1. The maximum Gasteiger partial charge on any atom is 0.336 e. The molecule has 0 saturated carbocycles. The summed E-state index contributed by atoms with van der Waals surface area (Å²) in [6, 6.07) is 23.2. The van der Waals surface area contributed by atoms with Crippen LogP contribution >= 0.6 is 0 Å². The number of methoxy groups -OCH3 is 3. The number of hydrogen-bond acceptors (Lipinski definition) is 7. The van der Waals surface area contributed by atoms with Crippen molar-refractivity contribution in [3.63, 3.8) is 0 Å². The molecule has 3 aromatic rings. The van der Waals surface area contributed by atoms with Crippen LogP contribution in [0.15, 0.2) is 95.3 Å². The van der Waals surface area contributed by atoms with Gasteiger partial charge in [0.15, 0.2) is 5.78 Å². The van der Waals surface area contributed by atoms with Gasteiger partial charge in [-0.1, -0.05) is 48.5 Å². The van der Waals surface area contributed by atoms with Crippen molar-refractivity contribution in [1.82, 2.24) is 5.32 Å². The fraction of sp³-hybridized carbons (Fsp3) is 0.294. The second kappa shape index (κ2) is 12.3. The minimum Gasteiger partial charge on any atom is -0.497 e. The maximum atomic E-state index is 14.0. The van der Waals surface area contributed by atoms with Gasteiger partial charge in [0.05, 0.1) is 39.4 Å². The topological polar surface area (TPSA) is 83.1 Å². The van der Waals surface area contributed by atoms with Gasteiger partial charge in [-0.05, 0) is 48.6 Å². The zero-order valence-electron chi connectivity index (χ0n) is 23.9. The van der Waals surface area contributed by atoms with Crippen LogP contribution in [0.4, 0.5) is 0 Å². The zero-order chi connectivity index (χ0) is 28.9. The minimum atomic E-state index is -0.638. The number of carbonyl (C=O) groups is 2. The number of Topliss-reactive ketones (excluding diaryl/α,β-unsaturated/α-hetero) is 1. The van der Waals surface area contributed by atoms with Crippen molar-refractivity contribution in [2.45, 2.75) is 38.0 Å². The van der Waals surface area contributed by atoms with E-state index in [0.717, 1.165) is 22.6 Å². The third-order valence-corrected chi connectivity index (χ3v) is 7.85. The molecule has 2 aliphatic rings. The highest BCUT2D eigenvalue weighted by Gasteiger charge is 2.42. The Kier molecular flexibility index (Phi) is 8.43. The molecule has 1 heterocycles. The van der Waals surface area contributed by atoms with Crippen LogP contribution in [0.3, 0.4) is 0 Å². The van der Waals surface area contributed by atoms with E-state index in [4.69, 9.17) is 18.9 Å². The minimum absolute atomic E-state index is 0.00485. The summed E-state index contributed by atoms with van der Waals surface area (Å²) >= 11 is 0. The van der Waals surface area contributed by atoms with Gasteiger partial charge in [0, 0.05) is 41.4 Å². The van der Waals surface area contributed by atoms with E-state index in [1.54, 1.807) is 27.4 Å². The largest absolute Gasteiger partial charge is 0.497 e. The van der Waals surface area contributed by atoms with Gasteiger partial charge in [-0.3, -0.25) is 4.79 Å². The number of ketones is 1. The molecule has 0 saturated heterocycles. The average molecular weight is 554 g/mol. The average Bonchev–Trinajstić information content (AvgIpc) is 3.00. The van der Waals surface area contributed by atoms with Crippen LogP contribution < -0.4 is 19.5 Å². The number of allylic oxidation sites excluding steroid dienone is 3. The van der Waals surface area contributed by atoms with Crippen molar-refractivity contribution >= 4 is 11.8 Å². The molecule has 0 radical (unpaired) electrons.